The lowest BCUT2D eigenvalue weighted by Gasteiger charge is -2.58. The number of amides is 2. The van der Waals surface area contributed by atoms with Gasteiger partial charge in [0.05, 0.1) is 32.6 Å². The summed E-state index contributed by atoms with van der Waals surface area (Å²) in [4.78, 5) is 32.1. The molecule has 9 nitrogen and oxygen atoms in total. The van der Waals surface area contributed by atoms with E-state index in [-0.39, 0.29) is 47.5 Å². The molecule has 0 aliphatic heterocycles. The maximum Gasteiger partial charge on any atom is 0.226 e. The molecule has 1 aromatic carbocycles. The van der Waals surface area contributed by atoms with Crippen LogP contribution in [-0.2, 0) is 22.4 Å². The van der Waals surface area contributed by atoms with Crippen molar-refractivity contribution in [3.63, 3.8) is 0 Å². The Kier molecular flexibility index (Phi) is 9.59. The second-order valence-corrected chi connectivity index (χ2v) is 14.7. The van der Waals surface area contributed by atoms with Crippen LogP contribution in [0.3, 0.4) is 0 Å². The zero-order valence-electron chi connectivity index (χ0n) is 26.0. The lowest BCUT2D eigenvalue weighted by molar-refractivity contribution is -0.144. The van der Waals surface area contributed by atoms with Gasteiger partial charge in [-0.05, 0) is 60.1 Å². The van der Waals surface area contributed by atoms with Crippen molar-refractivity contribution < 1.29 is 29.3 Å². The van der Waals surface area contributed by atoms with Crippen molar-refractivity contribution in [2.24, 2.45) is 22.2 Å². The molecule has 0 unspecified atom stereocenters. The number of carbonyl (C=O) groups is 2. The Morgan fingerprint density at radius 1 is 1.14 bits per heavy atom. The van der Waals surface area contributed by atoms with Crippen LogP contribution in [0.1, 0.15) is 82.4 Å². The highest BCUT2D eigenvalue weighted by molar-refractivity contribution is 7.15. The Bertz CT molecular complexity index is 1290. The van der Waals surface area contributed by atoms with E-state index < -0.39 is 11.5 Å². The molecule has 2 aliphatic carbocycles. The summed E-state index contributed by atoms with van der Waals surface area (Å²) in [7, 11) is 3.20. The maximum atomic E-state index is 13.4. The first-order valence-electron chi connectivity index (χ1n) is 14.8. The number of benzene rings is 1. The first kappa shape index (κ1) is 32.2. The highest BCUT2D eigenvalue weighted by Crippen LogP contribution is 2.62. The Balaban J connectivity index is 1.56. The van der Waals surface area contributed by atoms with Crippen LogP contribution >= 0.6 is 11.3 Å². The van der Waals surface area contributed by atoms with Crippen molar-refractivity contribution in [2.45, 2.75) is 85.2 Å². The fourth-order valence-electron chi connectivity index (χ4n) is 6.98. The number of nitrogens with one attached hydrogen (secondary N) is 2. The van der Waals surface area contributed by atoms with Crippen molar-refractivity contribution in [3.8, 4) is 11.5 Å². The van der Waals surface area contributed by atoms with Crippen molar-refractivity contribution in [3.05, 3.63) is 34.3 Å². The number of thiazole rings is 1. The van der Waals surface area contributed by atoms with E-state index in [1.165, 1.54) is 11.3 Å². The Morgan fingerprint density at radius 3 is 2.50 bits per heavy atom. The Labute approximate surface area is 253 Å². The number of hydrogen-bond donors (Lipinski definition) is 4. The van der Waals surface area contributed by atoms with E-state index in [0.717, 1.165) is 22.6 Å². The molecule has 2 aromatic rings. The number of rotatable bonds is 10. The van der Waals surface area contributed by atoms with E-state index in [9.17, 15) is 19.8 Å². The molecule has 4 N–H and O–H groups in total. The smallest absolute Gasteiger partial charge is 0.226 e. The maximum absolute atomic E-state index is 13.4. The fourth-order valence-corrected chi connectivity index (χ4v) is 8.07. The molecule has 0 spiro atoms. The average molecular weight is 602 g/mol. The summed E-state index contributed by atoms with van der Waals surface area (Å²) in [6.07, 6.45) is 2.54. The van der Waals surface area contributed by atoms with Gasteiger partial charge in [-0.25, -0.2) is 4.98 Å². The van der Waals surface area contributed by atoms with Gasteiger partial charge >= 0.3 is 0 Å². The van der Waals surface area contributed by atoms with E-state index in [1.807, 2.05) is 45.9 Å². The summed E-state index contributed by atoms with van der Waals surface area (Å²) in [6, 6.07) is 5.73. The van der Waals surface area contributed by atoms with Crippen LogP contribution in [0.5, 0.6) is 11.5 Å². The molecule has 0 bridgehead atoms. The number of carbonyl (C=O) groups excluding carboxylic acids is 2. The van der Waals surface area contributed by atoms with E-state index in [0.29, 0.717) is 48.9 Å². The molecule has 10 heteroatoms. The highest BCUT2D eigenvalue weighted by Gasteiger charge is 2.59. The molecule has 2 amide bonds. The minimum Gasteiger partial charge on any atom is -0.493 e. The van der Waals surface area contributed by atoms with Crippen molar-refractivity contribution in [2.75, 3.05) is 32.7 Å². The van der Waals surface area contributed by atoms with Gasteiger partial charge in [-0.15, -0.1) is 11.3 Å². The third kappa shape index (κ3) is 6.60. The van der Waals surface area contributed by atoms with Crippen molar-refractivity contribution >= 4 is 28.3 Å². The average Bonchev–Trinajstić information content (AvgIpc) is 3.32. The highest BCUT2D eigenvalue weighted by atomic mass is 32.1. The van der Waals surface area contributed by atoms with E-state index in [1.54, 1.807) is 14.2 Å². The van der Waals surface area contributed by atoms with E-state index in [4.69, 9.17) is 14.5 Å². The second kappa shape index (κ2) is 12.5. The van der Waals surface area contributed by atoms with Crippen molar-refractivity contribution in [1.82, 2.24) is 10.3 Å². The number of fused-ring (bicyclic) bond motifs is 2. The van der Waals surface area contributed by atoms with E-state index >= 15 is 0 Å². The lowest BCUT2D eigenvalue weighted by atomic mass is 9.47. The summed E-state index contributed by atoms with van der Waals surface area (Å²) in [6.45, 7) is 10.5. The first-order chi connectivity index (χ1) is 19.7. The van der Waals surface area contributed by atoms with Crippen LogP contribution in [0.25, 0.3) is 0 Å². The molecule has 5 atom stereocenters. The summed E-state index contributed by atoms with van der Waals surface area (Å²) < 4.78 is 10.7. The number of ether oxygens (including phenoxy) is 2. The second-order valence-electron chi connectivity index (χ2n) is 13.6. The van der Waals surface area contributed by atoms with Gasteiger partial charge in [-0.2, -0.15) is 0 Å². The summed E-state index contributed by atoms with van der Waals surface area (Å²) in [5.74, 6) is 0.889. The van der Waals surface area contributed by atoms with Gasteiger partial charge in [-0.3, -0.25) is 9.59 Å². The third-order valence-electron chi connectivity index (χ3n) is 9.40. The summed E-state index contributed by atoms with van der Waals surface area (Å²) in [5.41, 5.74) is 0.670. The topological polar surface area (TPSA) is 130 Å². The van der Waals surface area contributed by atoms with Crippen LogP contribution in [0.4, 0.5) is 5.13 Å². The van der Waals surface area contributed by atoms with Crippen LogP contribution in [0.2, 0.25) is 0 Å². The number of aliphatic hydroxyl groups is 2. The number of nitrogens with zero attached hydrogens (tertiary/aromatic N) is 1. The molecule has 2 aliphatic rings. The standard InChI is InChI=1S/C32H47N3O6S/c1-30(2,3)17-27(39)34-29-35-28-20(15-26(38)33-13-11-19-8-9-21(40-6)22(14-19)41-7)31(4)12-10-25(37)32(5,18-36)24(31)16-23(28)42-29/h8-9,14,20,24-25,36-37H,10-13,15-18H2,1-7H3,(H,33,38)(H,34,35,39)/t20-,24+,25-,31+,32+/m1/s1. The first-order valence-corrected chi connectivity index (χ1v) is 15.6. The molecule has 4 rings (SSSR count). The molecule has 1 heterocycles. The van der Waals surface area contributed by atoms with Crippen LogP contribution in [-0.4, -0.2) is 60.5 Å². The largest absolute Gasteiger partial charge is 0.493 e. The summed E-state index contributed by atoms with van der Waals surface area (Å²) in [5, 5.41) is 28.1. The van der Waals surface area contributed by atoms with Gasteiger partial charge in [0.15, 0.2) is 16.6 Å². The Hall–Kier alpha value is -2.69. The van der Waals surface area contributed by atoms with Gasteiger partial charge in [0.25, 0.3) is 0 Å². The predicted molar refractivity (Wildman–Crippen MR) is 164 cm³/mol. The monoisotopic (exact) mass is 601 g/mol. The van der Waals surface area contributed by atoms with Gasteiger partial charge in [0.2, 0.25) is 11.8 Å². The van der Waals surface area contributed by atoms with Crippen LogP contribution < -0.4 is 20.1 Å². The van der Waals surface area contributed by atoms with Gasteiger partial charge in [0, 0.05) is 35.6 Å². The molecule has 42 heavy (non-hydrogen) atoms. The molecule has 0 radical (unpaired) electrons. The minimum atomic E-state index is -0.702. The number of hydrogen-bond acceptors (Lipinski definition) is 8. The molecule has 1 saturated carbocycles. The quantitative estimate of drug-likeness (QED) is 0.311. The SMILES string of the molecule is COc1ccc(CCNC(=O)C[C@@H]2c3nc(NC(=O)CC(C)(C)C)sc3C[C@@H]3[C@](C)(CO)[C@H](O)CC[C@]32C)cc1OC. The van der Waals surface area contributed by atoms with Crippen LogP contribution in [0.15, 0.2) is 18.2 Å². The number of methoxy groups -OCH3 is 2. The molecule has 232 valence electrons. The normalized spacial score (nSPS) is 27.0. The third-order valence-corrected chi connectivity index (χ3v) is 10.4. The summed E-state index contributed by atoms with van der Waals surface area (Å²) >= 11 is 1.45. The number of aliphatic hydroxyl groups excluding tert-OH is 2. The zero-order valence-corrected chi connectivity index (χ0v) is 26.8. The fraction of sp³-hybridized carbons (Fsp3) is 0.656. The zero-order chi connectivity index (χ0) is 30.9. The van der Waals surface area contributed by atoms with Gasteiger partial charge in [-0.1, -0.05) is 40.7 Å². The van der Waals surface area contributed by atoms with Gasteiger partial charge < -0.3 is 30.3 Å². The Morgan fingerprint density at radius 2 is 1.86 bits per heavy atom. The molecule has 1 aromatic heterocycles. The van der Waals surface area contributed by atoms with Gasteiger partial charge in [0.1, 0.15) is 0 Å². The minimum absolute atomic E-state index is 0.0469. The van der Waals surface area contributed by atoms with Crippen LogP contribution in [0, 0.1) is 22.2 Å². The molecular formula is C32H47N3O6S. The number of aromatic nitrogens is 1. The lowest BCUT2D eigenvalue weighted by Crippen LogP contribution is -2.57. The number of anilines is 1. The van der Waals surface area contributed by atoms with Crippen molar-refractivity contribution in [1.29, 1.82) is 0 Å². The molecule has 1 fully saturated rings. The molecular weight excluding hydrogens is 554 g/mol. The molecule has 0 saturated heterocycles. The predicted octanol–water partition coefficient (Wildman–Crippen LogP) is 4.70. The van der Waals surface area contributed by atoms with E-state index in [2.05, 4.69) is 17.6 Å².